The molecule has 2 rings (SSSR count). The summed E-state index contributed by atoms with van der Waals surface area (Å²) < 4.78 is 1.38. The van der Waals surface area contributed by atoms with Crippen LogP contribution < -0.4 is 11.3 Å². The standard InChI is InChI=1S/C11H12N4O/c12-9-7-11(16)15(14-8-9)6-4-10-3-1-2-5-13-10/h1-3,5,7-8H,4,6,12H2. The number of aromatic nitrogens is 3. The molecule has 0 radical (unpaired) electrons. The molecule has 0 saturated heterocycles. The fourth-order valence-corrected chi connectivity index (χ4v) is 1.38. The van der Waals surface area contributed by atoms with Crippen LogP contribution in [0.15, 0.2) is 41.5 Å². The molecular weight excluding hydrogens is 204 g/mol. The lowest BCUT2D eigenvalue weighted by Crippen LogP contribution is -2.23. The average Bonchev–Trinajstić information content (AvgIpc) is 2.29. The van der Waals surface area contributed by atoms with E-state index in [4.69, 9.17) is 5.73 Å². The third kappa shape index (κ3) is 2.44. The summed E-state index contributed by atoms with van der Waals surface area (Å²) >= 11 is 0. The number of hydrogen-bond acceptors (Lipinski definition) is 4. The third-order valence-electron chi connectivity index (χ3n) is 2.20. The second-order valence-electron chi connectivity index (χ2n) is 3.42. The smallest absolute Gasteiger partial charge is 0.268 e. The van der Waals surface area contributed by atoms with Gasteiger partial charge in [0.1, 0.15) is 0 Å². The van der Waals surface area contributed by atoms with E-state index in [0.717, 1.165) is 5.69 Å². The van der Waals surface area contributed by atoms with Crippen molar-refractivity contribution in [3.63, 3.8) is 0 Å². The van der Waals surface area contributed by atoms with E-state index in [1.54, 1.807) is 6.20 Å². The molecule has 5 heteroatoms. The first-order chi connectivity index (χ1) is 7.75. The van der Waals surface area contributed by atoms with E-state index < -0.39 is 0 Å². The Labute approximate surface area is 92.6 Å². The van der Waals surface area contributed by atoms with Crippen molar-refractivity contribution in [3.05, 3.63) is 52.7 Å². The monoisotopic (exact) mass is 216 g/mol. The molecule has 0 saturated carbocycles. The summed E-state index contributed by atoms with van der Waals surface area (Å²) in [5.74, 6) is 0. The molecule has 2 aromatic heterocycles. The molecular formula is C11H12N4O. The number of rotatable bonds is 3. The van der Waals surface area contributed by atoms with Crippen molar-refractivity contribution in [2.24, 2.45) is 0 Å². The predicted molar refractivity (Wildman–Crippen MR) is 60.9 cm³/mol. The molecule has 0 aliphatic rings. The molecule has 0 amide bonds. The number of nitrogen functional groups attached to an aromatic ring is 1. The highest BCUT2D eigenvalue weighted by atomic mass is 16.1. The highest BCUT2D eigenvalue weighted by molar-refractivity contribution is 5.31. The van der Waals surface area contributed by atoms with Gasteiger partial charge in [0.15, 0.2) is 0 Å². The maximum atomic E-state index is 11.5. The first-order valence-corrected chi connectivity index (χ1v) is 4.98. The van der Waals surface area contributed by atoms with E-state index in [2.05, 4.69) is 10.1 Å². The van der Waals surface area contributed by atoms with E-state index in [-0.39, 0.29) is 5.56 Å². The van der Waals surface area contributed by atoms with Gasteiger partial charge in [-0.3, -0.25) is 9.78 Å². The summed E-state index contributed by atoms with van der Waals surface area (Å²) in [6.07, 6.45) is 3.88. The van der Waals surface area contributed by atoms with Gasteiger partial charge >= 0.3 is 0 Å². The van der Waals surface area contributed by atoms with Gasteiger partial charge in [0.25, 0.3) is 5.56 Å². The number of aryl methyl sites for hydroxylation is 2. The lowest BCUT2D eigenvalue weighted by Gasteiger charge is -2.03. The highest BCUT2D eigenvalue weighted by Gasteiger charge is 1.99. The summed E-state index contributed by atoms with van der Waals surface area (Å²) in [5, 5.41) is 3.94. The molecule has 16 heavy (non-hydrogen) atoms. The summed E-state index contributed by atoms with van der Waals surface area (Å²) in [7, 11) is 0. The molecule has 5 nitrogen and oxygen atoms in total. The van der Waals surface area contributed by atoms with E-state index in [1.165, 1.54) is 16.9 Å². The molecule has 0 atom stereocenters. The van der Waals surface area contributed by atoms with Gasteiger partial charge in [-0.25, -0.2) is 4.68 Å². The van der Waals surface area contributed by atoms with Crippen LogP contribution in [-0.2, 0) is 13.0 Å². The van der Waals surface area contributed by atoms with Gasteiger partial charge in [0.2, 0.25) is 0 Å². The van der Waals surface area contributed by atoms with Crippen molar-refractivity contribution in [2.75, 3.05) is 5.73 Å². The highest BCUT2D eigenvalue weighted by Crippen LogP contribution is 1.96. The zero-order chi connectivity index (χ0) is 11.4. The van der Waals surface area contributed by atoms with Crippen molar-refractivity contribution < 1.29 is 0 Å². The molecule has 0 aliphatic carbocycles. The molecule has 0 fully saturated rings. The van der Waals surface area contributed by atoms with Crippen LogP contribution in [0.4, 0.5) is 5.69 Å². The molecule has 82 valence electrons. The van der Waals surface area contributed by atoms with E-state index in [9.17, 15) is 4.79 Å². The summed E-state index contributed by atoms with van der Waals surface area (Å²) in [6.45, 7) is 0.510. The average molecular weight is 216 g/mol. The first-order valence-electron chi connectivity index (χ1n) is 4.98. The lowest BCUT2D eigenvalue weighted by atomic mass is 10.3. The Morgan fingerprint density at radius 2 is 2.25 bits per heavy atom. The summed E-state index contributed by atoms with van der Waals surface area (Å²) in [6, 6.07) is 7.06. The summed E-state index contributed by atoms with van der Waals surface area (Å²) in [4.78, 5) is 15.6. The van der Waals surface area contributed by atoms with Crippen LogP contribution in [-0.4, -0.2) is 14.8 Å². The van der Waals surface area contributed by atoms with Crippen molar-refractivity contribution in [3.8, 4) is 0 Å². The third-order valence-corrected chi connectivity index (χ3v) is 2.20. The Bertz CT molecular complexity index is 521. The fourth-order valence-electron chi connectivity index (χ4n) is 1.38. The molecule has 0 aromatic carbocycles. The first kappa shape index (κ1) is 10.4. The maximum absolute atomic E-state index is 11.5. The van der Waals surface area contributed by atoms with Crippen LogP contribution in [0.25, 0.3) is 0 Å². The Morgan fingerprint density at radius 3 is 2.94 bits per heavy atom. The van der Waals surface area contributed by atoms with Gasteiger partial charge in [0.05, 0.1) is 18.4 Å². The predicted octanol–water partition coefficient (Wildman–Crippen LogP) is 0.463. The topological polar surface area (TPSA) is 73.8 Å². The number of anilines is 1. The normalized spacial score (nSPS) is 10.2. The largest absolute Gasteiger partial charge is 0.397 e. The van der Waals surface area contributed by atoms with E-state index in [1.807, 2.05) is 18.2 Å². The van der Waals surface area contributed by atoms with Gasteiger partial charge < -0.3 is 5.73 Å². The van der Waals surface area contributed by atoms with Gasteiger partial charge in [0, 0.05) is 24.4 Å². The maximum Gasteiger partial charge on any atom is 0.268 e. The minimum Gasteiger partial charge on any atom is -0.397 e. The van der Waals surface area contributed by atoms with Crippen LogP contribution in [0.5, 0.6) is 0 Å². The van der Waals surface area contributed by atoms with Crippen molar-refractivity contribution >= 4 is 5.69 Å². The summed E-state index contributed by atoms with van der Waals surface area (Å²) in [5.41, 5.74) is 6.59. The van der Waals surface area contributed by atoms with E-state index >= 15 is 0 Å². The van der Waals surface area contributed by atoms with Gasteiger partial charge in [-0.15, -0.1) is 0 Å². The number of nitrogens with two attached hydrogens (primary N) is 1. The minimum atomic E-state index is -0.184. The van der Waals surface area contributed by atoms with Crippen molar-refractivity contribution in [1.82, 2.24) is 14.8 Å². The molecule has 0 spiro atoms. The van der Waals surface area contributed by atoms with Crippen LogP contribution in [0.2, 0.25) is 0 Å². The molecule has 0 aliphatic heterocycles. The van der Waals surface area contributed by atoms with Crippen LogP contribution in [0, 0.1) is 0 Å². The van der Waals surface area contributed by atoms with Gasteiger partial charge in [-0.2, -0.15) is 5.10 Å². The molecule has 2 N–H and O–H groups in total. The Kier molecular flexibility index (Phi) is 2.95. The number of nitrogens with zero attached hydrogens (tertiary/aromatic N) is 3. The van der Waals surface area contributed by atoms with Crippen LogP contribution in [0.3, 0.4) is 0 Å². The lowest BCUT2D eigenvalue weighted by molar-refractivity contribution is 0.574. The van der Waals surface area contributed by atoms with Crippen molar-refractivity contribution in [2.45, 2.75) is 13.0 Å². The molecule has 0 bridgehead atoms. The zero-order valence-corrected chi connectivity index (χ0v) is 8.71. The van der Waals surface area contributed by atoms with Crippen molar-refractivity contribution in [1.29, 1.82) is 0 Å². The SMILES string of the molecule is Nc1cnn(CCc2ccccn2)c(=O)c1. The van der Waals surface area contributed by atoms with Gasteiger partial charge in [-0.1, -0.05) is 6.07 Å². The second kappa shape index (κ2) is 4.57. The second-order valence-corrected chi connectivity index (χ2v) is 3.42. The Morgan fingerprint density at radius 1 is 1.38 bits per heavy atom. The minimum absolute atomic E-state index is 0.184. The molecule has 2 heterocycles. The van der Waals surface area contributed by atoms with E-state index in [0.29, 0.717) is 18.7 Å². The Balaban J connectivity index is 2.08. The Hall–Kier alpha value is -2.17. The molecule has 0 unspecified atom stereocenters. The van der Waals surface area contributed by atoms with Gasteiger partial charge in [-0.05, 0) is 12.1 Å². The number of pyridine rings is 1. The quantitative estimate of drug-likeness (QED) is 0.809. The van der Waals surface area contributed by atoms with Crippen LogP contribution >= 0.6 is 0 Å². The fraction of sp³-hybridized carbons (Fsp3) is 0.182. The van der Waals surface area contributed by atoms with Crippen LogP contribution in [0.1, 0.15) is 5.69 Å². The number of hydrogen-bond donors (Lipinski definition) is 1. The zero-order valence-electron chi connectivity index (χ0n) is 8.71. The molecule has 2 aromatic rings.